The zero-order valence-electron chi connectivity index (χ0n) is 17.3. The summed E-state index contributed by atoms with van der Waals surface area (Å²) in [5.74, 6) is -0.639. The molecule has 0 heterocycles. The molecule has 0 amide bonds. The molecule has 25 heavy (non-hydrogen) atoms. The molecule has 0 aliphatic heterocycles. The third-order valence-corrected chi connectivity index (χ3v) is 4.14. The highest BCUT2D eigenvalue weighted by Gasteiger charge is 2.33. The van der Waals surface area contributed by atoms with E-state index in [4.69, 9.17) is 28.4 Å². The predicted octanol–water partition coefficient (Wildman–Crippen LogP) is 4.61. The molecule has 1 aliphatic rings. The largest absolute Gasteiger partial charge is 0.356 e. The molecule has 0 atom stereocenters. The number of hydrogen-bond acceptors (Lipinski definition) is 6. The van der Waals surface area contributed by atoms with Gasteiger partial charge in [-0.05, 0) is 33.1 Å². The molecule has 1 rings (SSSR count). The molecule has 0 bridgehead atoms. The van der Waals surface area contributed by atoms with Crippen molar-refractivity contribution in [1.82, 2.24) is 0 Å². The van der Waals surface area contributed by atoms with E-state index >= 15 is 0 Å². The molecule has 0 aromatic heterocycles. The number of ether oxygens (including phenoxy) is 6. The monoisotopic (exact) mass is 368 g/mol. The summed E-state index contributed by atoms with van der Waals surface area (Å²) in [6, 6.07) is 0. The summed E-state index contributed by atoms with van der Waals surface area (Å²) in [6.45, 7) is 5.81. The Hall–Kier alpha value is -0.240. The second-order valence-corrected chi connectivity index (χ2v) is 6.02. The fraction of sp³-hybridized carbons (Fsp3) is 1.00. The van der Waals surface area contributed by atoms with E-state index < -0.39 is 5.79 Å². The second kappa shape index (κ2) is 17.2. The van der Waals surface area contributed by atoms with Crippen molar-refractivity contribution in [1.29, 1.82) is 0 Å². The first-order chi connectivity index (χ1) is 11.3. The number of rotatable bonds is 8. The zero-order valence-corrected chi connectivity index (χ0v) is 17.3. The van der Waals surface area contributed by atoms with Gasteiger partial charge in [0, 0.05) is 55.5 Å². The first kappa shape index (κ1) is 29.5. The predicted molar refractivity (Wildman–Crippen MR) is 103 cm³/mol. The summed E-state index contributed by atoms with van der Waals surface area (Å²) in [4.78, 5) is 0. The molecule has 0 N–H and O–H groups in total. The summed E-state index contributed by atoms with van der Waals surface area (Å²) in [5.41, 5.74) is 0. The molecular formula is C19H44O6. The normalized spacial score (nSPS) is 15.6. The van der Waals surface area contributed by atoms with Crippen LogP contribution in [-0.4, -0.2) is 60.5 Å². The lowest BCUT2D eigenvalue weighted by molar-refractivity contribution is -0.200. The van der Waals surface area contributed by atoms with Crippen LogP contribution in [0.4, 0.5) is 0 Å². The van der Waals surface area contributed by atoms with Crippen LogP contribution in [0.3, 0.4) is 0 Å². The van der Waals surface area contributed by atoms with Gasteiger partial charge in [-0.25, -0.2) is 0 Å². The topological polar surface area (TPSA) is 55.4 Å². The Labute approximate surface area is 156 Å². The highest BCUT2D eigenvalue weighted by Crippen LogP contribution is 2.32. The SMILES string of the molecule is C.CCCC(OC)OC.COC(C)(C)OC.COC1(OC)CCCC1. The van der Waals surface area contributed by atoms with Crippen LogP contribution in [-0.2, 0) is 28.4 Å². The van der Waals surface area contributed by atoms with Crippen LogP contribution in [0.25, 0.3) is 0 Å². The quantitative estimate of drug-likeness (QED) is 0.583. The van der Waals surface area contributed by atoms with E-state index in [9.17, 15) is 0 Å². The molecule has 0 radical (unpaired) electrons. The van der Waals surface area contributed by atoms with Gasteiger partial charge in [-0.2, -0.15) is 0 Å². The van der Waals surface area contributed by atoms with E-state index in [1.165, 1.54) is 12.8 Å². The lowest BCUT2D eigenvalue weighted by Crippen LogP contribution is -2.29. The van der Waals surface area contributed by atoms with Crippen molar-refractivity contribution < 1.29 is 28.4 Å². The molecule has 1 fully saturated rings. The Morgan fingerprint density at radius 2 is 1.24 bits per heavy atom. The van der Waals surface area contributed by atoms with Gasteiger partial charge >= 0.3 is 0 Å². The van der Waals surface area contributed by atoms with Crippen LogP contribution < -0.4 is 0 Å². The minimum Gasteiger partial charge on any atom is -0.356 e. The summed E-state index contributed by atoms with van der Waals surface area (Å²) in [5, 5.41) is 0. The van der Waals surface area contributed by atoms with E-state index in [1.807, 2.05) is 13.8 Å². The molecule has 156 valence electrons. The van der Waals surface area contributed by atoms with E-state index in [1.54, 1.807) is 42.7 Å². The van der Waals surface area contributed by atoms with Crippen LogP contribution in [0.2, 0.25) is 0 Å². The number of methoxy groups -OCH3 is 6. The lowest BCUT2D eigenvalue weighted by Gasteiger charge is -2.24. The summed E-state index contributed by atoms with van der Waals surface area (Å²) >= 11 is 0. The van der Waals surface area contributed by atoms with Gasteiger partial charge in [0.1, 0.15) is 0 Å². The van der Waals surface area contributed by atoms with E-state index in [0.29, 0.717) is 0 Å². The summed E-state index contributed by atoms with van der Waals surface area (Å²) in [7, 11) is 9.98. The van der Waals surface area contributed by atoms with Gasteiger partial charge in [-0.3, -0.25) is 0 Å². The van der Waals surface area contributed by atoms with Gasteiger partial charge in [0.15, 0.2) is 17.9 Å². The van der Waals surface area contributed by atoms with Crippen LogP contribution in [0.5, 0.6) is 0 Å². The van der Waals surface area contributed by atoms with Crippen LogP contribution in [0, 0.1) is 0 Å². The average Bonchev–Trinajstić information content (AvgIpc) is 3.10. The van der Waals surface area contributed by atoms with Crippen molar-refractivity contribution in [2.45, 2.75) is 84.6 Å². The van der Waals surface area contributed by atoms with Crippen molar-refractivity contribution in [2.75, 3.05) is 42.7 Å². The molecular weight excluding hydrogens is 324 g/mol. The van der Waals surface area contributed by atoms with E-state index in [0.717, 1.165) is 25.7 Å². The first-order valence-electron chi connectivity index (χ1n) is 8.56. The molecule has 0 saturated heterocycles. The third-order valence-electron chi connectivity index (χ3n) is 4.14. The smallest absolute Gasteiger partial charge is 0.167 e. The minimum atomic E-state index is -0.417. The maximum absolute atomic E-state index is 5.23. The van der Waals surface area contributed by atoms with Crippen molar-refractivity contribution in [2.24, 2.45) is 0 Å². The average molecular weight is 369 g/mol. The molecule has 1 aliphatic carbocycles. The highest BCUT2D eigenvalue weighted by atomic mass is 16.7. The molecule has 0 unspecified atom stereocenters. The Kier molecular flexibility index (Phi) is 20.3. The molecule has 6 heteroatoms. The van der Waals surface area contributed by atoms with Crippen LogP contribution >= 0.6 is 0 Å². The molecule has 0 spiro atoms. The molecule has 1 saturated carbocycles. The summed E-state index contributed by atoms with van der Waals surface area (Å²) in [6.07, 6.45) is 6.67. The standard InChI is InChI=1S/C7H14O2.C6H14O2.C5H12O2.CH4/c1-8-7(9-2)5-3-4-6-7;1-4-5-6(7-2)8-3;1-5(2,6-3)7-4;/h3-6H2,1-2H3;6H,4-5H2,1-3H3;1-4H3;1H4. The number of hydrogen-bond donors (Lipinski definition) is 0. The van der Waals surface area contributed by atoms with Crippen molar-refractivity contribution in [3.05, 3.63) is 0 Å². The van der Waals surface area contributed by atoms with Gasteiger partial charge in [0.25, 0.3) is 0 Å². The minimum absolute atomic E-state index is 0. The van der Waals surface area contributed by atoms with E-state index in [-0.39, 0.29) is 19.5 Å². The molecule has 0 aromatic rings. The Morgan fingerprint density at radius 3 is 1.36 bits per heavy atom. The van der Waals surface area contributed by atoms with Gasteiger partial charge in [0.05, 0.1) is 0 Å². The third kappa shape index (κ3) is 14.6. The van der Waals surface area contributed by atoms with Crippen molar-refractivity contribution in [3.63, 3.8) is 0 Å². The van der Waals surface area contributed by atoms with Crippen LogP contribution in [0.15, 0.2) is 0 Å². The maximum Gasteiger partial charge on any atom is 0.167 e. The second-order valence-electron chi connectivity index (χ2n) is 6.02. The fourth-order valence-corrected chi connectivity index (χ4v) is 2.06. The molecule has 0 aromatic carbocycles. The summed E-state index contributed by atoms with van der Waals surface area (Å²) < 4.78 is 30.0. The van der Waals surface area contributed by atoms with Gasteiger partial charge in [-0.1, -0.05) is 20.8 Å². The highest BCUT2D eigenvalue weighted by molar-refractivity contribution is 4.75. The first-order valence-corrected chi connectivity index (χ1v) is 8.56. The fourth-order valence-electron chi connectivity index (χ4n) is 2.06. The van der Waals surface area contributed by atoms with Gasteiger partial charge in [-0.15, -0.1) is 0 Å². The van der Waals surface area contributed by atoms with Crippen LogP contribution in [0.1, 0.15) is 66.7 Å². The zero-order chi connectivity index (χ0) is 19.1. The van der Waals surface area contributed by atoms with Gasteiger partial charge < -0.3 is 28.4 Å². The Morgan fingerprint density at radius 1 is 0.840 bits per heavy atom. The Balaban J connectivity index is -0.000000288. The molecule has 6 nitrogen and oxygen atoms in total. The van der Waals surface area contributed by atoms with Crippen molar-refractivity contribution >= 4 is 0 Å². The van der Waals surface area contributed by atoms with Crippen molar-refractivity contribution in [3.8, 4) is 0 Å². The maximum atomic E-state index is 5.23. The van der Waals surface area contributed by atoms with E-state index in [2.05, 4.69) is 6.92 Å². The van der Waals surface area contributed by atoms with Gasteiger partial charge in [0.2, 0.25) is 0 Å². The lowest BCUT2D eigenvalue weighted by atomic mass is 10.2. The Bertz CT molecular complexity index is 249.